The summed E-state index contributed by atoms with van der Waals surface area (Å²) in [5.74, 6) is 3.00. The van der Waals surface area contributed by atoms with Crippen LogP contribution in [-0.2, 0) is 24.1 Å². The van der Waals surface area contributed by atoms with Crippen LogP contribution in [0.15, 0.2) is 83.3 Å². The van der Waals surface area contributed by atoms with Crippen molar-refractivity contribution in [3.05, 3.63) is 101 Å². The Kier molecular flexibility index (Phi) is 9.53. The van der Waals surface area contributed by atoms with Gasteiger partial charge in [0.1, 0.15) is 23.9 Å². The lowest BCUT2D eigenvalue weighted by Gasteiger charge is -2.13. The number of hydrogen-bond donors (Lipinski definition) is 0. The quantitative estimate of drug-likeness (QED) is 0.172. The smallest absolute Gasteiger partial charge is 0.226 e. The highest BCUT2D eigenvalue weighted by Crippen LogP contribution is 2.27. The molecule has 0 aliphatic carbocycles. The standard InChI is InChI=1S/C32H35NO4/c1-24(34)23-36-31-19-18-29(22-28(31)17-11-4-8-14-26-12-6-3-7-13-26)35-21-20-30-25(2)37-32(33-30)27-15-9-5-10-16-27/h3,5-7,9-10,12-13,15-16,18-19,22H,4,8,11,14,17,20-21,23H2,1-2H3. The fourth-order valence-corrected chi connectivity index (χ4v) is 4.26. The van der Waals surface area contributed by atoms with Crippen LogP contribution in [0.4, 0.5) is 0 Å². The zero-order chi connectivity index (χ0) is 25.9. The highest BCUT2D eigenvalue weighted by atomic mass is 16.5. The summed E-state index contributed by atoms with van der Waals surface area (Å²) in [6.45, 7) is 4.05. The van der Waals surface area contributed by atoms with Gasteiger partial charge < -0.3 is 13.9 Å². The third-order valence-electron chi connectivity index (χ3n) is 6.24. The summed E-state index contributed by atoms with van der Waals surface area (Å²) >= 11 is 0. The number of Topliss-reactive ketones (excluding diaryl/α,β-unsaturated/α-hetero) is 1. The van der Waals surface area contributed by atoms with Gasteiger partial charge >= 0.3 is 0 Å². The molecule has 3 aromatic carbocycles. The first kappa shape index (κ1) is 26.2. The van der Waals surface area contributed by atoms with Crippen molar-refractivity contribution in [1.82, 2.24) is 4.98 Å². The van der Waals surface area contributed by atoms with Gasteiger partial charge in [-0.25, -0.2) is 4.98 Å². The molecule has 1 aromatic heterocycles. The molecule has 0 spiro atoms. The maximum atomic E-state index is 11.5. The van der Waals surface area contributed by atoms with Crippen molar-refractivity contribution in [3.63, 3.8) is 0 Å². The van der Waals surface area contributed by atoms with Gasteiger partial charge in [0.2, 0.25) is 5.89 Å². The van der Waals surface area contributed by atoms with Crippen LogP contribution in [0.5, 0.6) is 11.5 Å². The van der Waals surface area contributed by atoms with Crippen molar-refractivity contribution in [2.45, 2.75) is 52.4 Å². The molecule has 0 atom stereocenters. The molecule has 0 saturated heterocycles. The van der Waals surface area contributed by atoms with E-state index in [1.54, 1.807) is 0 Å². The fraction of sp³-hybridized carbons (Fsp3) is 0.312. The van der Waals surface area contributed by atoms with Crippen LogP contribution in [-0.4, -0.2) is 24.0 Å². The zero-order valence-corrected chi connectivity index (χ0v) is 21.7. The van der Waals surface area contributed by atoms with E-state index in [0.717, 1.165) is 66.2 Å². The summed E-state index contributed by atoms with van der Waals surface area (Å²) in [5.41, 5.74) is 4.32. The Labute approximate surface area is 219 Å². The number of carbonyl (C=O) groups excluding carboxylic acids is 1. The predicted octanol–water partition coefficient (Wildman–Crippen LogP) is 7.19. The second kappa shape index (κ2) is 13.4. The summed E-state index contributed by atoms with van der Waals surface area (Å²) in [6.07, 6.45) is 5.94. The number of ether oxygens (including phenoxy) is 2. The minimum atomic E-state index is 0.00647. The third kappa shape index (κ3) is 8.07. The van der Waals surface area contributed by atoms with Crippen LogP contribution < -0.4 is 9.47 Å². The lowest BCUT2D eigenvalue weighted by atomic mass is 10.0. The number of carbonyl (C=O) groups is 1. The van der Waals surface area contributed by atoms with Gasteiger partial charge in [0.25, 0.3) is 0 Å². The molecule has 1 heterocycles. The van der Waals surface area contributed by atoms with Gasteiger partial charge in [-0.3, -0.25) is 4.79 Å². The first-order valence-corrected chi connectivity index (χ1v) is 13.0. The number of rotatable bonds is 14. The molecule has 4 rings (SSSR count). The van der Waals surface area contributed by atoms with E-state index in [1.165, 1.54) is 12.5 Å². The normalized spacial score (nSPS) is 10.9. The average molecular weight is 498 g/mol. The molecule has 192 valence electrons. The molecule has 5 nitrogen and oxygen atoms in total. The van der Waals surface area contributed by atoms with Gasteiger partial charge in [-0.05, 0) is 81.0 Å². The van der Waals surface area contributed by atoms with E-state index in [0.29, 0.717) is 18.9 Å². The van der Waals surface area contributed by atoms with E-state index >= 15 is 0 Å². The molecule has 0 N–H and O–H groups in total. The van der Waals surface area contributed by atoms with E-state index in [-0.39, 0.29) is 12.4 Å². The van der Waals surface area contributed by atoms with Gasteiger partial charge in [0, 0.05) is 12.0 Å². The molecule has 0 aliphatic rings. The van der Waals surface area contributed by atoms with Crippen molar-refractivity contribution in [2.75, 3.05) is 13.2 Å². The van der Waals surface area contributed by atoms with Gasteiger partial charge in [-0.2, -0.15) is 0 Å². The van der Waals surface area contributed by atoms with E-state index in [2.05, 4.69) is 35.3 Å². The highest BCUT2D eigenvalue weighted by molar-refractivity contribution is 5.77. The van der Waals surface area contributed by atoms with Crippen LogP contribution in [0.1, 0.15) is 48.8 Å². The van der Waals surface area contributed by atoms with Crippen LogP contribution in [0.25, 0.3) is 11.5 Å². The largest absolute Gasteiger partial charge is 0.493 e. The number of hydrogen-bond acceptors (Lipinski definition) is 5. The summed E-state index contributed by atoms with van der Waals surface area (Å²) in [5, 5.41) is 0. The van der Waals surface area contributed by atoms with Gasteiger partial charge in [0.15, 0.2) is 5.78 Å². The number of benzene rings is 3. The average Bonchev–Trinajstić information content (AvgIpc) is 3.29. The number of nitrogens with zero attached hydrogens (tertiary/aromatic N) is 1. The molecule has 37 heavy (non-hydrogen) atoms. The zero-order valence-electron chi connectivity index (χ0n) is 21.7. The maximum absolute atomic E-state index is 11.5. The molecule has 0 amide bonds. The Morgan fingerprint density at radius 2 is 1.57 bits per heavy atom. The van der Waals surface area contributed by atoms with Gasteiger partial charge in [-0.1, -0.05) is 55.0 Å². The number of oxazole rings is 1. The van der Waals surface area contributed by atoms with Crippen molar-refractivity contribution >= 4 is 5.78 Å². The summed E-state index contributed by atoms with van der Waals surface area (Å²) in [6, 6.07) is 26.3. The number of aromatic nitrogens is 1. The van der Waals surface area contributed by atoms with Gasteiger partial charge in [0.05, 0.1) is 12.3 Å². The molecule has 0 unspecified atom stereocenters. The molecular formula is C32H35NO4. The highest BCUT2D eigenvalue weighted by Gasteiger charge is 2.12. The monoisotopic (exact) mass is 497 g/mol. The Morgan fingerprint density at radius 1 is 0.838 bits per heavy atom. The second-order valence-electron chi connectivity index (χ2n) is 9.29. The first-order valence-electron chi connectivity index (χ1n) is 13.0. The molecule has 4 aromatic rings. The van der Waals surface area contributed by atoms with Crippen molar-refractivity contribution in [2.24, 2.45) is 0 Å². The van der Waals surface area contributed by atoms with Crippen molar-refractivity contribution in [3.8, 4) is 23.0 Å². The second-order valence-corrected chi connectivity index (χ2v) is 9.29. The van der Waals surface area contributed by atoms with Crippen molar-refractivity contribution in [1.29, 1.82) is 0 Å². The lowest BCUT2D eigenvalue weighted by Crippen LogP contribution is -2.08. The van der Waals surface area contributed by atoms with E-state index < -0.39 is 0 Å². The molecule has 0 radical (unpaired) electrons. The number of ketones is 1. The molecular weight excluding hydrogens is 462 g/mol. The molecule has 5 heteroatoms. The molecule has 0 aliphatic heterocycles. The SMILES string of the molecule is CC(=O)COc1ccc(OCCc2nc(-c3ccccc3)oc2C)cc1CCCCCc1ccccc1. The van der Waals surface area contributed by atoms with Crippen LogP contribution in [0.2, 0.25) is 0 Å². The lowest BCUT2D eigenvalue weighted by molar-refractivity contribution is -0.118. The molecule has 0 saturated carbocycles. The van der Waals surface area contributed by atoms with E-state index in [4.69, 9.17) is 13.9 Å². The summed E-state index contributed by atoms with van der Waals surface area (Å²) in [7, 11) is 0. The first-order chi connectivity index (χ1) is 18.1. The molecule has 0 fully saturated rings. The Hall–Kier alpha value is -3.86. The topological polar surface area (TPSA) is 61.6 Å². The minimum Gasteiger partial charge on any atom is -0.493 e. The van der Waals surface area contributed by atoms with Crippen LogP contribution in [0.3, 0.4) is 0 Å². The summed E-state index contributed by atoms with van der Waals surface area (Å²) < 4.78 is 17.7. The van der Waals surface area contributed by atoms with E-state index in [1.807, 2.05) is 55.5 Å². The third-order valence-corrected chi connectivity index (χ3v) is 6.24. The van der Waals surface area contributed by atoms with Crippen molar-refractivity contribution < 1.29 is 18.7 Å². The Bertz CT molecular complexity index is 1260. The number of unbranched alkanes of at least 4 members (excludes halogenated alkanes) is 2. The maximum Gasteiger partial charge on any atom is 0.226 e. The Morgan fingerprint density at radius 3 is 2.32 bits per heavy atom. The number of aryl methyl sites for hydroxylation is 3. The Balaban J connectivity index is 1.32. The minimum absolute atomic E-state index is 0.00647. The van der Waals surface area contributed by atoms with Crippen LogP contribution in [0, 0.1) is 6.92 Å². The molecule has 0 bridgehead atoms. The predicted molar refractivity (Wildman–Crippen MR) is 146 cm³/mol. The van der Waals surface area contributed by atoms with E-state index in [9.17, 15) is 4.79 Å². The fourth-order valence-electron chi connectivity index (χ4n) is 4.26. The summed E-state index contributed by atoms with van der Waals surface area (Å²) in [4.78, 5) is 16.1. The van der Waals surface area contributed by atoms with Crippen LogP contribution >= 0.6 is 0 Å². The van der Waals surface area contributed by atoms with Gasteiger partial charge in [-0.15, -0.1) is 0 Å².